The molecule has 3 rings (SSSR count). The Morgan fingerprint density at radius 1 is 1.24 bits per heavy atom. The minimum Gasteiger partial charge on any atom is -0.395 e. The fourth-order valence-corrected chi connectivity index (χ4v) is 3.03. The second-order valence-electron chi connectivity index (χ2n) is 5.40. The van der Waals surface area contributed by atoms with Crippen LogP contribution in [-0.2, 0) is 0 Å². The normalized spacial score (nSPS) is 22.7. The fraction of sp³-hybridized carbons (Fsp3) is 0.571. The molecule has 1 aliphatic carbocycles. The highest BCUT2D eigenvalue weighted by atomic mass is 35.5. The summed E-state index contributed by atoms with van der Waals surface area (Å²) in [7, 11) is 0. The predicted octanol–water partition coefficient (Wildman–Crippen LogP) is 2.98. The Morgan fingerprint density at radius 3 is 2.57 bits per heavy atom. The van der Waals surface area contributed by atoms with Gasteiger partial charge in [-0.1, -0.05) is 25.0 Å². The fourth-order valence-electron chi connectivity index (χ4n) is 3.03. The Balaban J connectivity index is 0.00000161. The molecule has 0 saturated heterocycles. The number of para-hydroxylation sites is 1. The van der Waals surface area contributed by atoms with Crippen molar-refractivity contribution in [2.45, 2.75) is 44.1 Å². The average Bonchev–Trinajstić information content (AvgIpc) is 3.01. The quantitative estimate of drug-likeness (QED) is 0.898. The molecular weight excluding hydrogens is 304 g/mol. The number of halogens is 3. The predicted molar refractivity (Wildman–Crippen MR) is 74.8 cm³/mol. The highest BCUT2D eigenvalue weighted by Crippen LogP contribution is 2.46. The first kappa shape index (κ1) is 16.3. The van der Waals surface area contributed by atoms with E-state index >= 15 is 0 Å². The van der Waals surface area contributed by atoms with Crippen molar-refractivity contribution in [1.82, 2.24) is 0 Å². The van der Waals surface area contributed by atoms with Gasteiger partial charge in [-0.05, 0) is 24.8 Å². The molecule has 0 amide bonds. The van der Waals surface area contributed by atoms with Gasteiger partial charge in [-0.25, -0.2) is 0 Å². The summed E-state index contributed by atoms with van der Waals surface area (Å²) in [4.78, 5) is 0. The van der Waals surface area contributed by atoms with E-state index in [1.165, 1.54) is 6.07 Å². The number of aliphatic hydroxyl groups is 1. The first-order chi connectivity index (χ1) is 9.48. The first-order valence-corrected chi connectivity index (χ1v) is 6.80. The lowest BCUT2D eigenvalue weighted by atomic mass is 9.90. The highest BCUT2D eigenvalue weighted by Gasteiger charge is 2.45. The Labute approximate surface area is 127 Å². The van der Waals surface area contributed by atoms with Crippen molar-refractivity contribution < 1.29 is 23.4 Å². The van der Waals surface area contributed by atoms with E-state index in [2.05, 4.69) is 9.47 Å². The average molecular weight is 322 g/mol. The van der Waals surface area contributed by atoms with Crippen LogP contribution in [0, 0.1) is 5.92 Å². The van der Waals surface area contributed by atoms with Crippen molar-refractivity contribution in [2.24, 2.45) is 11.7 Å². The van der Waals surface area contributed by atoms with Crippen LogP contribution in [0.4, 0.5) is 8.78 Å². The Hall–Kier alpha value is -1.11. The molecule has 1 saturated carbocycles. The Morgan fingerprint density at radius 2 is 1.90 bits per heavy atom. The van der Waals surface area contributed by atoms with Gasteiger partial charge in [-0.2, -0.15) is 0 Å². The van der Waals surface area contributed by atoms with Crippen LogP contribution in [0.3, 0.4) is 0 Å². The van der Waals surface area contributed by atoms with Crippen LogP contribution < -0.4 is 15.2 Å². The van der Waals surface area contributed by atoms with E-state index < -0.39 is 18.4 Å². The van der Waals surface area contributed by atoms with Crippen LogP contribution in [0.25, 0.3) is 0 Å². The summed E-state index contributed by atoms with van der Waals surface area (Å²) in [6, 6.07) is 3.80. The number of benzene rings is 1. The standard InChI is InChI=1S/C14H17F2NO3.ClH/c15-14(16)19-10-7-3-6-9(13(10)20-14)11(17)12(18)8-4-1-2-5-8;/h3,6-8,11-12,18H,1-2,4-5,17H2;1H/t11-,12+;/m0./s1. The molecule has 0 spiro atoms. The zero-order chi connectivity index (χ0) is 14.3. The molecule has 21 heavy (non-hydrogen) atoms. The molecule has 4 nitrogen and oxygen atoms in total. The number of nitrogens with two attached hydrogens (primary N) is 1. The van der Waals surface area contributed by atoms with E-state index in [1.807, 2.05) is 0 Å². The van der Waals surface area contributed by atoms with Crippen molar-refractivity contribution in [3.63, 3.8) is 0 Å². The molecule has 1 aromatic rings. The van der Waals surface area contributed by atoms with Crippen LogP contribution in [0.1, 0.15) is 37.3 Å². The number of ether oxygens (including phenoxy) is 2. The van der Waals surface area contributed by atoms with Crippen LogP contribution in [-0.4, -0.2) is 17.5 Å². The summed E-state index contributed by atoms with van der Waals surface area (Å²) in [5.74, 6) is 0.00677. The lowest BCUT2D eigenvalue weighted by molar-refractivity contribution is -0.287. The summed E-state index contributed by atoms with van der Waals surface area (Å²) in [5.41, 5.74) is 6.41. The number of alkyl halides is 2. The number of rotatable bonds is 3. The topological polar surface area (TPSA) is 64.7 Å². The summed E-state index contributed by atoms with van der Waals surface area (Å²) >= 11 is 0. The van der Waals surface area contributed by atoms with Crippen LogP contribution in [0.2, 0.25) is 0 Å². The van der Waals surface area contributed by atoms with E-state index in [-0.39, 0.29) is 29.8 Å². The molecule has 1 fully saturated rings. The molecule has 0 unspecified atom stereocenters. The number of fused-ring (bicyclic) bond motifs is 1. The zero-order valence-electron chi connectivity index (χ0n) is 11.3. The van der Waals surface area contributed by atoms with Gasteiger partial charge in [-0.3, -0.25) is 0 Å². The number of hydrogen-bond acceptors (Lipinski definition) is 4. The second-order valence-corrected chi connectivity index (χ2v) is 5.40. The van der Waals surface area contributed by atoms with E-state index in [4.69, 9.17) is 5.73 Å². The van der Waals surface area contributed by atoms with Gasteiger partial charge in [0.15, 0.2) is 11.5 Å². The smallest absolute Gasteiger partial charge is 0.395 e. The zero-order valence-corrected chi connectivity index (χ0v) is 12.1. The van der Waals surface area contributed by atoms with Gasteiger partial charge in [-0.15, -0.1) is 21.2 Å². The molecule has 1 aromatic carbocycles. The SMILES string of the molecule is Cl.N[C@@H](c1cccc2c1OC(F)(F)O2)[C@H](O)C1CCCC1. The molecule has 0 aromatic heterocycles. The third-order valence-electron chi connectivity index (χ3n) is 4.07. The van der Waals surface area contributed by atoms with Gasteiger partial charge < -0.3 is 20.3 Å². The minimum absolute atomic E-state index is 0. The molecule has 0 bridgehead atoms. The Kier molecular flexibility index (Phi) is 4.60. The summed E-state index contributed by atoms with van der Waals surface area (Å²) in [6.07, 6.45) is -0.467. The first-order valence-electron chi connectivity index (χ1n) is 6.80. The second kappa shape index (κ2) is 5.94. The summed E-state index contributed by atoms with van der Waals surface area (Å²) in [6.45, 7) is 0. The maximum absolute atomic E-state index is 13.1. The molecule has 7 heteroatoms. The molecule has 2 aliphatic rings. The molecule has 3 N–H and O–H groups in total. The number of hydrogen-bond donors (Lipinski definition) is 2. The maximum Gasteiger partial charge on any atom is 0.586 e. The number of aliphatic hydroxyl groups excluding tert-OH is 1. The lowest BCUT2D eigenvalue weighted by Gasteiger charge is -2.25. The third-order valence-corrected chi connectivity index (χ3v) is 4.07. The van der Waals surface area contributed by atoms with Crippen molar-refractivity contribution in [1.29, 1.82) is 0 Å². The van der Waals surface area contributed by atoms with Crippen LogP contribution >= 0.6 is 12.4 Å². The Bertz CT molecular complexity index is 509. The van der Waals surface area contributed by atoms with Gasteiger partial charge in [0, 0.05) is 5.56 Å². The highest BCUT2D eigenvalue weighted by molar-refractivity contribution is 5.85. The molecule has 1 aliphatic heterocycles. The molecule has 118 valence electrons. The van der Waals surface area contributed by atoms with Gasteiger partial charge in [0.2, 0.25) is 0 Å². The van der Waals surface area contributed by atoms with Gasteiger partial charge in [0.1, 0.15) is 0 Å². The van der Waals surface area contributed by atoms with Crippen molar-refractivity contribution >= 4 is 12.4 Å². The summed E-state index contributed by atoms with van der Waals surface area (Å²) in [5, 5.41) is 10.3. The minimum atomic E-state index is -3.67. The van der Waals surface area contributed by atoms with Crippen molar-refractivity contribution in [2.75, 3.05) is 0 Å². The van der Waals surface area contributed by atoms with Crippen molar-refractivity contribution in [3.05, 3.63) is 23.8 Å². The maximum atomic E-state index is 13.1. The molecular formula is C14H18ClF2NO3. The molecule has 2 atom stereocenters. The van der Waals surface area contributed by atoms with Gasteiger partial charge in [0.05, 0.1) is 12.1 Å². The molecule has 1 heterocycles. The largest absolute Gasteiger partial charge is 0.586 e. The van der Waals surface area contributed by atoms with E-state index in [9.17, 15) is 13.9 Å². The summed E-state index contributed by atoms with van der Waals surface area (Å²) < 4.78 is 35.2. The van der Waals surface area contributed by atoms with Gasteiger partial charge in [0.25, 0.3) is 0 Å². The molecule has 0 radical (unpaired) electrons. The van der Waals surface area contributed by atoms with Crippen LogP contribution in [0.15, 0.2) is 18.2 Å². The lowest BCUT2D eigenvalue weighted by Crippen LogP contribution is -2.32. The van der Waals surface area contributed by atoms with E-state index in [0.29, 0.717) is 5.56 Å². The van der Waals surface area contributed by atoms with Crippen molar-refractivity contribution in [3.8, 4) is 11.5 Å². The monoisotopic (exact) mass is 321 g/mol. The third kappa shape index (κ3) is 3.07. The van der Waals surface area contributed by atoms with E-state index in [1.54, 1.807) is 12.1 Å². The van der Waals surface area contributed by atoms with Crippen LogP contribution in [0.5, 0.6) is 11.5 Å². The van der Waals surface area contributed by atoms with E-state index in [0.717, 1.165) is 25.7 Å². The van der Waals surface area contributed by atoms with Gasteiger partial charge >= 0.3 is 6.29 Å².